The van der Waals surface area contributed by atoms with Crippen LogP contribution in [0.3, 0.4) is 0 Å². The Morgan fingerprint density at radius 3 is 2.00 bits per heavy atom. The van der Waals surface area contributed by atoms with Gasteiger partial charge in [-0.2, -0.15) is 0 Å². The van der Waals surface area contributed by atoms with Crippen LogP contribution >= 0.6 is 0 Å². The van der Waals surface area contributed by atoms with Crippen molar-refractivity contribution in [2.45, 2.75) is 0 Å². The van der Waals surface area contributed by atoms with E-state index >= 15 is 0 Å². The molecule has 0 radical (unpaired) electrons. The van der Waals surface area contributed by atoms with Crippen molar-refractivity contribution in [3.8, 4) is 33.9 Å². The molecule has 3 heterocycles. The topological polar surface area (TPSA) is 65.0 Å². The normalized spacial score (nSPS) is 17.0. The highest BCUT2D eigenvalue weighted by Crippen LogP contribution is 2.42. The molecule has 0 aliphatic heterocycles. The van der Waals surface area contributed by atoms with Crippen molar-refractivity contribution in [3.05, 3.63) is 158 Å². The molecule has 0 saturated carbocycles. The number of aromatic nitrogens is 3. The number of allylic oxidation sites excluding steroid dienone is 8. The molecule has 3 aromatic heterocycles. The van der Waals surface area contributed by atoms with Crippen LogP contribution in [0.1, 0.15) is 5.82 Å². The monoisotopic (exact) mass is 617 g/mol. The third kappa shape index (κ3) is 4.28. The molecule has 8 aromatic rings. The Balaban J connectivity index is 1.19. The highest BCUT2D eigenvalue weighted by atomic mass is 16.3. The molecule has 5 heteroatoms. The number of nitrogens with zero attached hydrogens (tertiary/aromatic N) is 3. The van der Waals surface area contributed by atoms with Crippen LogP contribution in [-0.2, 0) is 0 Å². The van der Waals surface area contributed by atoms with Gasteiger partial charge in [-0.15, -0.1) is 0 Å². The lowest BCUT2D eigenvalue weighted by Gasteiger charge is -2.22. The second-order valence-electron chi connectivity index (χ2n) is 12.3. The quantitative estimate of drug-likeness (QED) is 0.197. The largest absolute Gasteiger partial charge is 0.456 e. The lowest BCUT2D eigenvalue weighted by molar-refractivity contribution is 0.662. The minimum atomic E-state index is 0.267. The van der Waals surface area contributed by atoms with Gasteiger partial charge in [-0.25, -0.2) is 15.0 Å². The van der Waals surface area contributed by atoms with Gasteiger partial charge in [0.15, 0.2) is 17.5 Å². The van der Waals surface area contributed by atoms with Crippen molar-refractivity contribution >= 4 is 49.5 Å². The maximum atomic E-state index is 6.50. The number of rotatable bonds is 4. The minimum absolute atomic E-state index is 0.267. The summed E-state index contributed by atoms with van der Waals surface area (Å²) in [6.07, 6.45) is 15.3. The van der Waals surface area contributed by atoms with Gasteiger partial charge < -0.3 is 8.83 Å². The van der Waals surface area contributed by atoms with Crippen LogP contribution in [0.4, 0.5) is 0 Å². The number of para-hydroxylation sites is 1. The molecular weight excluding hydrogens is 590 g/mol. The van der Waals surface area contributed by atoms with E-state index in [1.165, 1.54) is 0 Å². The van der Waals surface area contributed by atoms with Crippen LogP contribution in [0.25, 0.3) is 83.4 Å². The molecule has 0 saturated heterocycles. The van der Waals surface area contributed by atoms with Crippen molar-refractivity contribution < 1.29 is 8.83 Å². The molecule has 48 heavy (non-hydrogen) atoms. The molecule has 0 spiro atoms. The van der Waals surface area contributed by atoms with Gasteiger partial charge in [0.1, 0.15) is 22.3 Å². The number of fused-ring (bicyclic) bond motifs is 7. The fraction of sp³-hybridized carbons (Fsp3) is 0.0465. The molecule has 5 aromatic carbocycles. The summed E-state index contributed by atoms with van der Waals surface area (Å²) in [7, 11) is 0. The Labute approximate surface area is 275 Å². The van der Waals surface area contributed by atoms with E-state index in [1.54, 1.807) is 0 Å². The van der Waals surface area contributed by atoms with E-state index in [-0.39, 0.29) is 5.92 Å². The Kier molecular flexibility index (Phi) is 5.93. The Hall–Kier alpha value is -6.33. The molecule has 0 fully saturated rings. The van der Waals surface area contributed by atoms with Gasteiger partial charge >= 0.3 is 0 Å². The van der Waals surface area contributed by atoms with E-state index in [4.69, 9.17) is 23.8 Å². The standard InChI is InChI=1S/C43H27N3O2/c1-2-11-27(12-3-1)41-44-42(30-21-20-26-10-4-5-13-28(26)24-30)46-43(45-41)34-16-9-19-37-40(34)39-31(15-8-18-36(39)48-37)29-22-23-33-32-14-6-7-17-35(32)47-38(33)25-29/h1-26,28H. The lowest BCUT2D eigenvalue weighted by Crippen LogP contribution is -2.12. The summed E-state index contributed by atoms with van der Waals surface area (Å²) in [5, 5.41) is 4.20. The van der Waals surface area contributed by atoms with Gasteiger partial charge in [-0.05, 0) is 41.5 Å². The molecular formula is C43H27N3O2. The Morgan fingerprint density at radius 1 is 0.458 bits per heavy atom. The molecule has 2 aliphatic carbocycles. The van der Waals surface area contributed by atoms with Crippen molar-refractivity contribution in [1.29, 1.82) is 0 Å². The fourth-order valence-electron chi connectivity index (χ4n) is 7.16. The third-order valence-electron chi connectivity index (χ3n) is 9.47. The van der Waals surface area contributed by atoms with Crippen LogP contribution in [0.5, 0.6) is 0 Å². The van der Waals surface area contributed by atoms with Crippen LogP contribution in [0, 0.1) is 11.8 Å². The first kappa shape index (κ1) is 26.8. The van der Waals surface area contributed by atoms with E-state index in [1.807, 2.05) is 72.8 Å². The van der Waals surface area contributed by atoms with Crippen molar-refractivity contribution in [2.24, 2.45) is 11.8 Å². The summed E-state index contributed by atoms with van der Waals surface area (Å²) >= 11 is 0. The summed E-state index contributed by atoms with van der Waals surface area (Å²) in [5.74, 6) is 2.49. The molecule has 0 amide bonds. The SMILES string of the molecule is C1=CC2C=CC(c3nc(-c4ccccc4)nc(-c4cccc5oc6cccc(-c7ccc8c(c7)oc7ccccc78)c6c45)n3)=CC2C=C1. The Morgan fingerprint density at radius 2 is 1.12 bits per heavy atom. The van der Waals surface area contributed by atoms with Crippen molar-refractivity contribution in [3.63, 3.8) is 0 Å². The number of hydrogen-bond donors (Lipinski definition) is 0. The summed E-state index contributed by atoms with van der Waals surface area (Å²) in [6.45, 7) is 0. The first-order chi connectivity index (χ1) is 23.8. The highest BCUT2D eigenvalue weighted by molar-refractivity contribution is 6.18. The van der Waals surface area contributed by atoms with Gasteiger partial charge in [-0.3, -0.25) is 0 Å². The molecule has 226 valence electrons. The average Bonchev–Trinajstić information content (AvgIpc) is 3.73. The number of furan rings is 2. The van der Waals surface area contributed by atoms with E-state index in [0.717, 1.165) is 71.7 Å². The zero-order chi connectivity index (χ0) is 31.6. The molecule has 2 atom stereocenters. The van der Waals surface area contributed by atoms with E-state index in [9.17, 15) is 0 Å². The summed E-state index contributed by atoms with van der Waals surface area (Å²) < 4.78 is 12.8. The lowest BCUT2D eigenvalue weighted by atomic mass is 9.83. The molecule has 0 N–H and O–H groups in total. The minimum Gasteiger partial charge on any atom is -0.456 e. The summed E-state index contributed by atoms with van der Waals surface area (Å²) in [5.41, 5.74) is 8.24. The molecule has 2 unspecified atom stereocenters. The van der Waals surface area contributed by atoms with E-state index in [2.05, 4.69) is 78.9 Å². The fourth-order valence-corrected chi connectivity index (χ4v) is 7.16. The smallest absolute Gasteiger partial charge is 0.164 e. The predicted molar refractivity (Wildman–Crippen MR) is 193 cm³/mol. The van der Waals surface area contributed by atoms with E-state index in [0.29, 0.717) is 23.4 Å². The van der Waals surface area contributed by atoms with Crippen LogP contribution in [0.2, 0.25) is 0 Å². The van der Waals surface area contributed by atoms with Gasteiger partial charge in [0, 0.05) is 50.1 Å². The van der Waals surface area contributed by atoms with Crippen molar-refractivity contribution in [1.82, 2.24) is 15.0 Å². The highest BCUT2D eigenvalue weighted by Gasteiger charge is 2.23. The molecule has 10 rings (SSSR count). The molecule has 2 aliphatic rings. The van der Waals surface area contributed by atoms with Crippen molar-refractivity contribution in [2.75, 3.05) is 0 Å². The van der Waals surface area contributed by atoms with Crippen LogP contribution in [0.15, 0.2) is 161 Å². The average molecular weight is 618 g/mol. The molecule has 5 nitrogen and oxygen atoms in total. The zero-order valence-corrected chi connectivity index (χ0v) is 25.7. The third-order valence-corrected chi connectivity index (χ3v) is 9.47. The number of benzene rings is 5. The maximum Gasteiger partial charge on any atom is 0.164 e. The van der Waals surface area contributed by atoms with Gasteiger partial charge in [0.05, 0.1) is 0 Å². The second kappa shape index (κ2) is 10.6. The molecule has 0 bridgehead atoms. The van der Waals surface area contributed by atoms with Crippen LogP contribution in [-0.4, -0.2) is 15.0 Å². The van der Waals surface area contributed by atoms with Crippen LogP contribution < -0.4 is 0 Å². The first-order valence-electron chi connectivity index (χ1n) is 16.2. The van der Waals surface area contributed by atoms with E-state index < -0.39 is 0 Å². The van der Waals surface area contributed by atoms with Gasteiger partial charge in [0.25, 0.3) is 0 Å². The second-order valence-corrected chi connectivity index (χ2v) is 12.3. The predicted octanol–water partition coefficient (Wildman–Crippen LogP) is 11.0. The summed E-state index contributed by atoms with van der Waals surface area (Å²) in [4.78, 5) is 15.3. The summed E-state index contributed by atoms with van der Waals surface area (Å²) in [6, 6.07) is 37.0. The number of hydrogen-bond acceptors (Lipinski definition) is 5. The van der Waals surface area contributed by atoms with Gasteiger partial charge in [-0.1, -0.05) is 121 Å². The maximum absolute atomic E-state index is 6.50. The Bertz CT molecular complexity index is 2690. The zero-order valence-electron chi connectivity index (χ0n) is 25.7. The first-order valence-corrected chi connectivity index (χ1v) is 16.2. The van der Waals surface area contributed by atoms with Gasteiger partial charge in [0.2, 0.25) is 0 Å².